The summed E-state index contributed by atoms with van der Waals surface area (Å²) in [4.78, 5) is 2.52. The van der Waals surface area contributed by atoms with Crippen molar-refractivity contribution >= 4 is 0 Å². The predicted molar refractivity (Wildman–Crippen MR) is 90.8 cm³/mol. The molecule has 0 bridgehead atoms. The van der Waals surface area contributed by atoms with Gasteiger partial charge in [-0.1, -0.05) is 43.7 Å². The van der Waals surface area contributed by atoms with Gasteiger partial charge in [-0.25, -0.2) is 0 Å². The topological polar surface area (TPSA) is 24.5 Å². The standard InChI is InChI=1S/C18H32N2O/c1-6-16(4)20(12-13-21-5)14-18(19-7-2)17-10-8-15(3)9-11-17/h8-11,16,18-19H,6-7,12-14H2,1-5H3. The van der Waals surface area contributed by atoms with Crippen LogP contribution >= 0.6 is 0 Å². The fraction of sp³-hybridized carbons (Fsp3) is 0.667. The summed E-state index contributed by atoms with van der Waals surface area (Å²) in [6, 6.07) is 9.83. The van der Waals surface area contributed by atoms with Crippen LogP contribution in [0.1, 0.15) is 44.4 Å². The molecular formula is C18H32N2O. The maximum Gasteiger partial charge on any atom is 0.0589 e. The summed E-state index contributed by atoms with van der Waals surface area (Å²) in [6.07, 6.45) is 1.16. The average molecular weight is 292 g/mol. The molecule has 0 spiro atoms. The van der Waals surface area contributed by atoms with Crippen LogP contribution in [0.4, 0.5) is 0 Å². The van der Waals surface area contributed by atoms with Gasteiger partial charge in [-0.3, -0.25) is 4.90 Å². The zero-order valence-corrected chi connectivity index (χ0v) is 14.4. The first-order chi connectivity index (χ1) is 10.1. The van der Waals surface area contributed by atoms with E-state index < -0.39 is 0 Å². The Kier molecular flexibility index (Phi) is 8.58. The van der Waals surface area contributed by atoms with Gasteiger partial charge in [0, 0.05) is 32.3 Å². The second kappa shape index (κ2) is 9.93. The molecule has 0 aromatic heterocycles. The molecule has 0 aliphatic heterocycles. The van der Waals surface area contributed by atoms with E-state index in [1.807, 2.05) is 0 Å². The van der Waals surface area contributed by atoms with Gasteiger partial charge in [-0.15, -0.1) is 0 Å². The molecule has 0 radical (unpaired) electrons. The first-order valence-electron chi connectivity index (χ1n) is 8.15. The van der Waals surface area contributed by atoms with Gasteiger partial charge >= 0.3 is 0 Å². The van der Waals surface area contributed by atoms with Crippen LogP contribution in [0.15, 0.2) is 24.3 Å². The summed E-state index contributed by atoms with van der Waals surface area (Å²) in [5, 5.41) is 3.62. The molecule has 2 unspecified atom stereocenters. The highest BCUT2D eigenvalue weighted by atomic mass is 16.5. The fourth-order valence-corrected chi connectivity index (χ4v) is 2.53. The molecule has 0 saturated heterocycles. The summed E-state index contributed by atoms with van der Waals surface area (Å²) >= 11 is 0. The van der Waals surface area contributed by atoms with Crippen molar-refractivity contribution in [2.75, 3.05) is 33.4 Å². The largest absolute Gasteiger partial charge is 0.383 e. The van der Waals surface area contributed by atoms with E-state index in [1.54, 1.807) is 7.11 Å². The number of hydrogen-bond donors (Lipinski definition) is 1. The van der Waals surface area contributed by atoms with E-state index in [2.05, 4.69) is 62.2 Å². The Balaban J connectivity index is 2.79. The average Bonchev–Trinajstić information content (AvgIpc) is 2.50. The Morgan fingerprint density at radius 3 is 2.38 bits per heavy atom. The lowest BCUT2D eigenvalue weighted by molar-refractivity contribution is 0.114. The van der Waals surface area contributed by atoms with Crippen LogP contribution in [-0.4, -0.2) is 44.3 Å². The van der Waals surface area contributed by atoms with E-state index in [0.717, 1.165) is 32.7 Å². The highest BCUT2D eigenvalue weighted by molar-refractivity contribution is 5.24. The molecule has 1 aromatic rings. The van der Waals surface area contributed by atoms with Gasteiger partial charge in [-0.2, -0.15) is 0 Å². The lowest BCUT2D eigenvalue weighted by Crippen LogP contribution is -2.41. The SMILES string of the molecule is CCNC(CN(CCOC)C(C)CC)c1ccc(C)cc1. The van der Waals surface area contributed by atoms with Crippen LogP contribution in [0, 0.1) is 6.92 Å². The Labute approximate surface area is 130 Å². The normalized spacial score (nSPS) is 14.4. The summed E-state index contributed by atoms with van der Waals surface area (Å²) < 4.78 is 5.27. The smallest absolute Gasteiger partial charge is 0.0589 e. The first-order valence-corrected chi connectivity index (χ1v) is 8.15. The van der Waals surface area contributed by atoms with E-state index in [9.17, 15) is 0 Å². The van der Waals surface area contributed by atoms with Gasteiger partial charge in [0.15, 0.2) is 0 Å². The molecule has 1 rings (SSSR count). The monoisotopic (exact) mass is 292 g/mol. The number of benzene rings is 1. The second-order valence-electron chi connectivity index (χ2n) is 5.77. The van der Waals surface area contributed by atoms with Gasteiger partial charge < -0.3 is 10.1 Å². The molecule has 0 fully saturated rings. The number of nitrogens with zero attached hydrogens (tertiary/aromatic N) is 1. The third-order valence-corrected chi connectivity index (χ3v) is 4.14. The van der Waals surface area contributed by atoms with E-state index in [1.165, 1.54) is 11.1 Å². The zero-order valence-electron chi connectivity index (χ0n) is 14.4. The number of methoxy groups -OCH3 is 1. The second-order valence-corrected chi connectivity index (χ2v) is 5.77. The van der Waals surface area contributed by atoms with Gasteiger partial charge in [0.25, 0.3) is 0 Å². The molecule has 1 aromatic carbocycles. The Hall–Kier alpha value is -0.900. The minimum Gasteiger partial charge on any atom is -0.383 e. The lowest BCUT2D eigenvalue weighted by atomic mass is 10.0. The molecule has 120 valence electrons. The maximum atomic E-state index is 5.27. The van der Waals surface area contributed by atoms with E-state index in [-0.39, 0.29) is 0 Å². The van der Waals surface area contributed by atoms with Crippen molar-refractivity contribution < 1.29 is 4.74 Å². The van der Waals surface area contributed by atoms with Crippen LogP contribution in [0.3, 0.4) is 0 Å². The zero-order chi connectivity index (χ0) is 15.7. The minimum absolute atomic E-state index is 0.376. The molecule has 0 heterocycles. The van der Waals surface area contributed by atoms with Gasteiger partial charge in [0.1, 0.15) is 0 Å². The lowest BCUT2D eigenvalue weighted by Gasteiger charge is -2.32. The molecule has 0 amide bonds. The number of likely N-dealkylation sites (N-methyl/N-ethyl adjacent to an activating group) is 1. The molecule has 0 saturated carbocycles. The van der Waals surface area contributed by atoms with Crippen LogP contribution in [0.5, 0.6) is 0 Å². The third-order valence-electron chi connectivity index (χ3n) is 4.14. The Morgan fingerprint density at radius 2 is 1.86 bits per heavy atom. The van der Waals surface area contributed by atoms with E-state index in [4.69, 9.17) is 4.74 Å². The van der Waals surface area contributed by atoms with Gasteiger partial charge in [-0.05, 0) is 32.4 Å². The summed E-state index contributed by atoms with van der Waals surface area (Å²) in [6.45, 7) is 12.6. The minimum atomic E-state index is 0.376. The van der Waals surface area contributed by atoms with Crippen molar-refractivity contribution in [2.24, 2.45) is 0 Å². The highest BCUT2D eigenvalue weighted by Gasteiger charge is 2.18. The molecule has 21 heavy (non-hydrogen) atoms. The van der Waals surface area contributed by atoms with Crippen molar-refractivity contribution in [3.63, 3.8) is 0 Å². The van der Waals surface area contributed by atoms with Crippen molar-refractivity contribution in [1.29, 1.82) is 0 Å². The van der Waals surface area contributed by atoms with Gasteiger partial charge in [0.05, 0.1) is 6.61 Å². The number of nitrogens with one attached hydrogen (secondary N) is 1. The van der Waals surface area contributed by atoms with Gasteiger partial charge in [0.2, 0.25) is 0 Å². The van der Waals surface area contributed by atoms with Crippen LogP contribution in [-0.2, 0) is 4.74 Å². The van der Waals surface area contributed by atoms with Crippen molar-refractivity contribution in [2.45, 2.75) is 46.2 Å². The molecule has 1 N–H and O–H groups in total. The Morgan fingerprint density at radius 1 is 1.19 bits per heavy atom. The number of hydrogen-bond acceptors (Lipinski definition) is 3. The first kappa shape index (κ1) is 18.1. The van der Waals surface area contributed by atoms with Crippen molar-refractivity contribution in [1.82, 2.24) is 10.2 Å². The van der Waals surface area contributed by atoms with Crippen LogP contribution in [0.2, 0.25) is 0 Å². The van der Waals surface area contributed by atoms with E-state index in [0.29, 0.717) is 12.1 Å². The highest BCUT2D eigenvalue weighted by Crippen LogP contribution is 2.17. The molecule has 3 heteroatoms. The van der Waals surface area contributed by atoms with Crippen LogP contribution in [0.25, 0.3) is 0 Å². The summed E-state index contributed by atoms with van der Waals surface area (Å²) in [5.41, 5.74) is 2.68. The molecule has 0 aliphatic rings. The quantitative estimate of drug-likeness (QED) is 0.715. The van der Waals surface area contributed by atoms with E-state index >= 15 is 0 Å². The van der Waals surface area contributed by atoms with Crippen molar-refractivity contribution in [3.05, 3.63) is 35.4 Å². The Bertz CT molecular complexity index is 377. The molecule has 3 nitrogen and oxygen atoms in total. The molecular weight excluding hydrogens is 260 g/mol. The fourth-order valence-electron chi connectivity index (χ4n) is 2.53. The summed E-state index contributed by atoms with van der Waals surface area (Å²) in [7, 11) is 1.77. The predicted octanol–water partition coefficient (Wildman–Crippen LogP) is 3.39. The number of ether oxygens (including phenoxy) is 1. The maximum absolute atomic E-state index is 5.27. The molecule has 0 aliphatic carbocycles. The summed E-state index contributed by atoms with van der Waals surface area (Å²) in [5.74, 6) is 0. The third kappa shape index (κ3) is 6.16. The number of rotatable bonds is 10. The van der Waals surface area contributed by atoms with Crippen molar-refractivity contribution in [3.8, 4) is 0 Å². The number of aryl methyl sites for hydroxylation is 1. The molecule has 2 atom stereocenters. The van der Waals surface area contributed by atoms with Crippen LogP contribution < -0.4 is 5.32 Å².